The fourth-order valence-corrected chi connectivity index (χ4v) is 3.58. The minimum atomic E-state index is -0.555. The molecule has 1 aromatic heterocycles. The molecule has 0 aliphatic rings. The normalized spacial score (nSPS) is 11.0. The van der Waals surface area contributed by atoms with Crippen LogP contribution in [0.15, 0.2) is 66.7 Å². The summed E-state index contributed by atoms with van der Waals surface area (Å²) in [6, 6.07) is 21.0. The van der Waals surface area contributed by atoms with Gasteiger partial charge in [-0.25, -0.2) is 9.78 Å². The van der Waals surface area contributed by atoms with Gasteiger partial charge in [0.2, 0.25) is 0 Å². The lowest BCUT2D eigenvalue weighted by molar-refractivity contribution is -0.124. The van der Waals surface area contributed by atoms with Crippen LogP contribution < -0.4 is 10.1 Å². The fraction of sp³-hybridized carbons (Fsp3) is 0.222. The summed E-state index contributed by atoms with van der Waals surface area (Å²) in [7, 11) is 1.64. The van der Waals surface area contributed by atoms with Crippen LogP contribution in [0.3, 0.4) is 0 Å². The summed E-state index contributed by atoms with van der Waals surface area (Å²) in [5, 5.41) is 5.51. The molecule has 1 amide bonds. The number of ether oxygens (including phenoxy) is 2. The molecule has 1 N–H and O–H groups in total. The Bertz CT molecular complexity index is 1330. The number of carbonyl (C=O) groups excluding carboxylic acids is 2. The summed E-state index contributed by atoms with van der Waals surface area (Å²) in [5.41, 5.74) is 2.59. The quantitative estimate of drug-likeness (QED) is 0.408. The van der Waals surface area contributed by atoms with E-state index in [0.717, 1.165) is 22.1 Å². The molecule has 0 unspecified atom stereocenters. The van der Waals surface area contributed by atoms with Gasteiger partial charge in [-0.15, -0.1) is 0 Å². The van der Waals surface area contributed by atoms with Crippen LogP contribution in [0.25, 0.3) is 32.9 Å². The third-order valence-corrected chi connectivity index (χ3v) is 5.32. The number of nitrogens with one attached hydrogen (secondary N) is 1. The zero-order chi connectivity index (χ0) is 23.4. The van der Waals surface area contributed by atoms with Crippen molar-refractivity contribution in [3.05, 3.63) is 72.3 Å². The van der Waals surface area contributed by atoms with E-state index in [1.807, 2.05) is 74.5 Å². The maximum atomic E-state index is 12.9. The Morgan fingerprint density at radius 2 is 1.73 bits per heavy atom. The minimum Gasteiger partial charge on any atom is -0.497 e. The molecule has 0 aliphatic carbocycles. The predicted octanol–water partition coefficient (Wildman–Crippen LogP) is 4.99. The molecule has 6 heteroatoms. The monoisotopic (exact) mass is 442 g/mol. The first-order chi connectivity index (χ1) is 15.9. The molecule has 4 aromatic rings. The van der Waals surface area contributed by atoms with Gasteiger partial charge >= 0.3 is 5.97 Å². The average Bonchev–Trinajstić information content (AvgIpc) is 2.84. The van der Waals surface area contributed by atoms with Gasteiger partial charge in [0.05, 0.1) is 23.9 Å². The second kappa shape index (κ2) is 9.69. The van der Waals surface area contributed by atoms with Crippen LogP contribution in [0.5, 0.6) is 5.75 Å². The maximum absolute atomic E-state index is 12.9. The number of fused-ring (bicyclic) bond motifs is 2. The molecule has 168 valence electrons. The number of esters is 1. The number of rotatable bonds is 7. The highest BCUT2D eigenvalue weighted by atomic mass is 16.5. The second-order valence-electron chi connectivity index (χ2n) is 8.27. The first-order valence-corrected chi connectivity index (χ1v) is 10.9. The Balaban J connectivity index is 1.66. The molecule has 0 radical (unpaired) electrons. The molecule has 0 fully saturated rings. The van der Waals surface area contributed by atoms with Gasteiger partial charge in [0.25, 0.3) is 5.91 Å². The molecular weight excluding hydrogens is 416 g/mol. The zero-order valence-electron chi connectivity index (χ0n) is 18.9. The minimum absolute atomic E-state index is 0.319. The first kappa shape index (κ1) is 22.3. The summed E-state index contributed by atoms with van der Waals surface area (Å²) in [6.07, 6.45) is 0. The number of amides is 1. The highest BCUT2D eigenvalue weighted by Gasteiger charge is 2.17. The number of para-hydroxylation sites is 1. The molecular formula is C27H26N2O4. The van der Waals surface area contributed by atoms with E-state index in [4.69, 9.17) is 14.5 Å². The van der Waals surface area contributed by atoms with Crippen molar-refractivity contribution in [2.75, 3.05) is 20.3 Å². The van der Waals surface area contributed by atoms with Gasteiger partial charge in [0.1, 0.15) is 5.75 Å². The van der Waals surface area contributed by atoms with E-state index in [0.29, 0.717) is 34.6 Å². The Labute approximate surface area is 192 Å². The first-order valence-electron chi connectivity index (χ1n) is 10.9. The topological polar surface area (TPSA) is 77.5 Å². The molecule has 33 heavy (non-hydrogen) atoms. The van der Waals surface area contributed by atoms with Crippen molar-refractivity contribution in [2.24, 2.45) is 5.92 Å². The molecule has 0 atom stereocenters. The zero-order valence-corrected chi connectivity index (χ0v) is 18.9. The van der Waals surface area contributed by atoms with Gasteiger partial charge in [0, 0.05) is 17.5 Å². The summed E-state index contributed by atoms with van der Waals surface area (Å²) < 4.78 is 10.6. The van der Waals surface area contributed by atoms with Crippen molar-refractivity contribution in [3.63, 3.8) is 0 Å². The largest absolute Gasteiger partial charge is 0.497 e. The van der Waals surface area contributed by atoms with Gasteiger partial charge < -0.3 is 14.8 Å². The standard InChI is InChI=1S/C27H26N2O4/c1-17(2)15-28-26(30)16-33-27(31)23-14-25(29-24-7-5-4-6-22(23)24)20-9-8-19-13-21(32-3)11-10-18(19)12-20/h4-14,17H,15-16H2,1-3H3,(H,28,30). The Hall–Kier alpha value is -3.93. The van der Waals surface area contributed by atoms with E-state index in [-0.39, 0.29) is 12.5 Å². The maximum Gasteiger partial charge on any atom is 0.339 e. The van der Waals surface area contributed by atoms with E-state index < -0.39 is 5.97 Å². The molecule has 0 saturated heterocycles. The molecule has 1 heterocycles. The summed E-state index contributed by atoms with van der Waals surface area (Å²) >= 11 is 0. The fourth-order valence-electron chi connectivity index (χ4n) is 3.58. The number of benzene rings is 3. The van der Waals surface area contributed by atoms with Crippen molar-refractivity contribution >= 4 is 33.6 Å². The molecule has 0 spiro atoms. The van der Waals surface area contributed by atoms with Crippen molar-refractivity contribution in [1.29, 1.82) is 0 Å². The molecule has 0 saturated carbocycles. The van der Waals surface area contributed by atoms with E-state index in [2.05, 4.69) is 5.32 Å². The number of pyridine rings is 1. The SMILES string of the molecule is COc1ccc2cc(-c3cc(C(=O)OCC(=O)NCC(C)C)c4ccccc4n3)ccc2c1. The lowest BCUT2D eigenvalue weighted by Crippen LogP contribution is -2.31. The van der Waals surface area contributed by atoms with E-state index in [1.165, 1.54) is 0 Å². The predicted molar refractivity (Wildman–Crippen MR) is 129 cm³/mol. The molecule has 4 rings (SSSR count). The van der Waals surface area contributed by atoms with Gasteiger partial charge in [-0.2, -0.15) is 0 Å². The van der Waals surface area contributed by atoms with E-state index in [1.54, 1.807) is 13.2 Å². The van der Waals surface area contributed by atoms with Crippen molar-refractivity contribution in [2.45, 2.75) is 13.8 Å². The number of aromatic nitrogens is 1. The second-order valence-corrected chi connectivity index (χ2v) is 8.27. The highest BCUT2D eigenvalue weighted by molar-refractivity contribution is 6.05. The number of carbonyl (C=O) groups is 2. The molecule has 0 bridgehead atoms. The van der Waals surface area contributed by atoms with E-state index in [9.17, 15) is 9.59 Å². The van der Waals surface area contributed by atoms with Gasteiger partial charge in [-0.05, 0) is 47.0 Å². The Kier molecular flexibility index (Phi) is 6.54. The Morgan fingerprint density at radius 3 is 2.52 bits per heavy atom. The lowest BCUT2D eigenvalue weighted by atomic mass is 10.0. The van der Waals surface area contributed by atoms with Gasteiger partial charge in [-0.3, -0.25) is 4.79 Å². The lowest BCUT2D eigenvalue weighted by Gasteiger charge is -2.11. The van der Waals surface area contributed by atoms with Crippen LogP contribution in [-0.4, -0.2) is 37.1 Å². The number of hydrogen-bond donors (Lipinski definition) is 1. The van der Waals surface area contributed by atoms with Crippen LogP contribution in [0.4, 0.5) is 0 Å². The third-order valence-electron chi connectivity index (χ3n) is 5.32. The number of methoxy groups -OCH3 is 1. The van der Waals surface area contributed by atoms with Crippen LogP contribution >= 0.6 is 0 Å². The summed E-state index contributed by atoms with van der Waals surface area (Å²) in [5.74, 6) is 0.238. The van der Waals surface area contributed by atoms with Crippen LogP contribution in [0.1, 0.15) is 24.2 Å². The highest BCUT2D eigenvalue weighted by Crippen LogP contribution is 2.29. The van der Waals surface area contributed by atoms with Crippen LogP contribution in [-0.2, 0) is 9.53 Å². The summed E-state index contributed by atoms with van der Waals surface area (Å²) in [4.78, 5) is 29.7. The smallest absolute Gasteiger partial charge is 0.339 e. The molecule has 0 aliphatic heterocycles. The molecule has 3 aromatic carbocycles. The van der Waals surface area contributed by atoms with Crippen LogP contribution in [0.2, 0.25) is 0 Å². The van der Waals surface area contributed by atoms with Crippen molar-refractivity contribution in [1.82, 2.24) is 10.3 Å². The summed E-state index contributed by atoms with van der Waals surface area (Å²) in [6.45, 7) is 4.21. The molecule has 6 nitrogen and oxygen atoms in total. The number of hydrogen-bond acceptors (Lipinski definition) is 5. The van der Waals surface area contributed by atoms with Crippen LogP contribution in [0, 0.1) is 5.92 Å². The van der Waals surface area contributed by atoms with Gasteiger partial charge in [0.15, 0.2) is 6.61 Å². The Morgan fingerprint density at radius 1 is 0.970 bits per heavy atom. The average molecular weight is 443 g/mol. The van der Waals surface area contributed by atoms with Crippen molar-refractivity contribution < 1.29 is 19.1 Å². The number of nitrogens with zero attached hydrogens (tertiary/aromatic N) is 1. The van der Waals surface area contributed by atoms with Gasteiger partial charge in [-0.1, -0.05) is 50.2 Å². The van der Waals surface area contributed by atoms with E-state index >= 15 is 0 Å². The third kappa shape index (κ3) is 5.12. The van der Waals surface area contributed by atoms with Crippen molar-refractivity contribution in [3.8, 4) is 17.0 Å².